The third-order valence-corrected chi connectivity index (χ3v) is 4.73. The van der Waals surface area contributed by atoms with Gasteiger partial charge in [-0.15, -0.1) is 0 Å². The van der Waals surface area contributed by atoms with Gasteiger partial charge in [0.1, 0.15) is 17.5 Å². The molecule has 0 radical (unpaired) electrons. The lowest BCUT2D eigenvalue weighted by molar-refractivity contribution is 0.546. The number of nitrogens with one attached hydrogen (secondary N) is 2. The van der Waals surface area contributed by atoms with Crippen molar-refractivity contribution in [1.29, 1.82) is 0 Å². The number of hydrazine groups is 1. The first-order valence-electron chi connectivity index (χ1n) is 7.20. The molecule has 4 N–H and O–H groups in total. The van der Waals surface area contributed by atoms with Crippen molar-refractivity contribution in [1.82, 2.24) is 9.97 Å². The lowest BCUT2D eigenvalue weighted by Crippen LogP contribution is -2.23. The zero-order valence-corrected chi connectivity index (χ0v) is 13.4. The SMILES string of the molecule is CC(C)(C)c1nc(NN)cc(NCC2CCCCS2)n1. The van der Waals surface area contributed by atoms with E-state index in [2.05, 4.69) is 53.2 Å². The molecule has 1 aliphatic heterocycles. The highest BCUT2D eigenvalue weighted by Crippen LogP contribution is 2.26. The van der Waals surface area contributed by atoms with Gasteiger partial charge in [-0.2, -0.15) is 11.8 Å². The van der Waals surface area contributed by atoms with E-state index < -0.39 is 0 Å². The normalized spacial score (nSPS) is 19.7. The number of hydrogen-bond donors (Lipinski definition) is 3. The predicted molar refractivity (Wildman–Crippen MR) is 87.1 cm³/mol. The number of rotatable bonds is 4. The summed E-state index contributed by atoms with van der Waals surface area (Å²) in [4.78, 5) is 9.04. The summed E-state index contributed by atoms with van der Waals surface area (Å²) < 4.78 is 0. The number of nitrogens with zero attached hydrogens (tertiary/aromatic N) is 2. The van der Waals surface area contributed by atoms with E-state index in [9.17, 15) is 0 Å². The van der Waals surface area contributed by atoms with Gasteiger partial charge in [0.25, 0.3) is 0 Å². The lowest BCUT2D eigenvalue weighted by atomic mass is 9.96. The minimum atomic E-state index is -0.0944. The second-order valence-corrected chi connectivity index (χ2v) is 7.63. The van der Waals surface area contributed by atoms with Crippen molar-refractivity contribution < 1.29 is 0 Å². The van der Waals surface area contributed by atoms with Crippen molar-refractivity contribution in [2.24, 2.45) is 5.84 Å². The third kappa shape index (κ3) is 4.24. The maximum atomic E-state index is 5.50. The highest BCUT2D eigenvalue weighted by atomic mass is 32.2. The van der Waals surface area contributed by atoms with Crippen LogP contribution in [0.3, 0.4) is 0 Å². The zero-order valence-electron chi connectivity index (χ0n) is 12.6. The maximum absolute atomic E-state index is 5.50. The highest BCUT2D eigenvalue weighted by molar-refractivity contribution is 7.99. The van der Waals surface area contributed by atoms with E-state index in [1.165, 1.54) is 25.0 Å². The number of thioether (sulfide) groups is 1. The van der Waals surface area contributed by atoms with Gasteiger partial charge in [-0.25, -0.2) is 15.8 Å². The molecule has 2 rings (SSSR count). The van der Waals surface area contributed by atoms with Crippen LogP contribution in [0, 0.1) is 0 Å². The second-order valence-electron chi connectivity index (χ2n) is 6.23. The molecule has 5 nitrogen and oxygen atoms in total. The largest absolute Gasteiger partial charge is 0.369 e. The minimum Gasteiger partial charge on any atom is -0.369 e. The summed E-state index contributed by atoms with van der Waals surface area (Å²) in [5, 5.41) is 4.12. The number of anilines is 2. The van der Waals surface area contributed by atoms with Crippen LogP contribution in [0.15, 0.2) is 6.07 Å². The molecular formula is C14H25N5S. The Morgan fingerprint density at radius 3 is 2.65 bits per heavy atom. The fourth-order valence-corrected chi connectivity index (χ4v) is 3.37. The van der Waals surface area contributed by atoms with Crippen LogP contribution >= 0.6 is 11.8 Å². The molecule has 1 aromatic rings. The van der Waals surface area contributed by atoms with Crippen molar-refractivity contribution in [2.75, 3.05) is 23.0 Å². The topological polar surface area (TPSA) is 75.9 Å². The standard InChI is InChI=1S/C14H25N5S/c1-14(2,3)13-17-11(8-12(18-13)19-15)16-9-10-6-4-5-7-20-10/h8,10H,4-7,9,15H2,1-3H3,(H2,16,17,18,19). The van der Waals surface area contributed by atoms with Crippen LogP contribution in [-0.2, 0) is 5.41 Å². The zero-order chi connectivity index (χ0) is 14.6. The molecular weight excluding hydrogens is 270 g/mol. The molecule has 0 amide bonds. The van der Waals surface area contributed by atoms with Crippen molar-refractivity contribution in [3.05, 3.63) is 11.9 Å². The fourth-order valence-electron chi connectivity index (χ4n) is 2.13. The Bertz CT molecular complexity index is 438. The minimum absolute atomic E-state index is 0.0944. The molecule has 1 aliphatic rings. The Morgan fingerprint density at radius 2 is 2.05 bits per heavy atom. The van der Waals surface area contributed by atoms with Crippen molar-refractivity contribution in [3.8, 4) is 0 Å². The van der Waals surface area contributed by atoms with Crippen LogP contribution in [-0.4, -0.2) is 27.5 Å². The van der Waals surface area contributed by atoms with Crippen molar-refractivity contribution >= 4 is 23.4 Å². The third-order valence-electron chi connectivity index (χ3n) is 3.33. The monoisotopic (exact) mass is 295 g/mol. The molecule has 1 saturated heterocycles. The summed E-state index contributed by atoms with van der Waals surface area (Å²) in [6.07, 6.45) is 3.98. The Morgan fingerprint density at radius 1 is 1.30 bits per heavy atom. The first kappa shape index (κ1) is 15.4. The Hall–Kier alpha value is -1.01. The molecule has 112 valence electrons. The van der Waals surface area contributed by atoms with Crippen molar-refractivity contribution in [2.45, 2.75) is 50.7 Å². The maximum Gasteiger partial charge on any atom is 0.145 e. The van der Waals surface area contributed by atoms with Gasteiger partial charge in [-0.1, -0.05) is 27.2 Å². The van der Waals surface area contributed by atoms with Gasteiger partial charge >= 0.3 is 0 Å². The average molecular weight is 295 g/mol. The highest BCUT2D eigenvalue weighted by Gasteiger charge is 2.19. The van der Waals surface area contributed by atoms with Crippen molar-refractivity contribution in [3.63, 3.8) is 0 Å². The second kappa shape index (κ2) is 6.63. The van der Waals surface area contributed by atoms with Gasteiger partial charge in [0.15, 0.2) is 0 Å². The van der Waals surface area contributed by atoms with Crippen LogP contribution in [0.1, 0.15) is 45.9 Å². The molecule has 0 aromatic carbocycles. The van der Waals surface area contributed by atoms with E-state index in [0.717, 1.165) is 18.2 Å². The van der Waals surface area contributed by atoms with E-state index in [1.807, 2.05) is 6.07 Å². The lowest BCUT2D eigenvalue weighted by Gasteiger charge is -2.23. The summed E-state index contributed by atoms with van der Waals surface area (Å²) >= 11 is 2.06. The predicted octanol–water partition coefficient (Wildman–Crippen LogP) is 2.76. The van der Waals surface area contributed by atoms with E-state index >= 15 is 0 Å². The van der Waals surface area contributed by atoms with Gasteiger partial charge in [0.05, 0.1) is 0 Å². The molecule has 0 saturated carbocycles. The van der Waals surface area contributed by atoms with Crippen LogP contribution in [0.25, 0.3) is 0 Å². The molecule has 2 heterocycles. The summed E-state index contributed by atoms with van der Waals surface area (Å²) in [5.74, 6) is 9.08. The van der Waals surface area contributed by atoms with Crippen LogP contribution < -0.4 is 16.6 Å². The molecule has 1 fully saturated rings. The molecule has 0 aliphatic carbocycles. The summed E-state index contributed by atoms with van der Waals surface area (Å²) in [7, 11) is 0. The number of nitrogens with two attached hydrogens (primary N) is 1. The first-order valence-corrected chi connectivity index (χ1v) is 8.25. The van der Waals surface area contributed by atoms with Crippen LogP contribution in [0.2, 0.25) is 0 Å². The van der Waals surface area contributed by atoms with Crippen LogP contribution in [0.5, 0.6) is 0 Å². The first-order chi connectivity index (χ1) is 9.49. The fraction of sp³-hybridized carbons (Fsp3) is 0.714. The Labute approximate surface area is 125 Å². The molecule has 1 atom stereocenters. The Kier molecular flexibility index (Phi) is 5.10. The van der Waals surface area contributed by atoms with Gasteiger partial charge in [0.2, 0.25) is 0 Å². The molecule has 20 heavy (non-hydrogen) atoms. The van der Waals surface area contributed by atoms with Gasteiger partial charge in [-0.05, 0) is 18.6 Å². The smallest absolute Gasteiger partial charge is 0.145 e. The molecule has 1 aromatic heterocycles. The molecule has 1 unspecified atom stereocenters. The molecule has 0 spiro atoms. The average Bonchev–Trinajstić information content (AvgIpc) is 2.45. The summed E-state index contributed by atoms with van der Waals surface area (Å²) in [6.45, 7) is 7.26. The van der Waals surface area contributed by atoms with E-state index in [4.69, 9.17) is 5.84 Å². The number of nitrogen functional groups attached to an aromatic ring is 1. The quantitative estimate of drug-likeness (QED) is 0.586. The summed E-state index contributed by atoms with van der Waals surface area (Å²) in [5.41, 5.74) is 2.53. The van der Waals surface area contributed by atoms with Crippen LogP contribution in [0.4, 0.5) is 11.6 Å². The number of aromatic nitrogens is 2. The Balaban J connectivity index is 2.06. The molecule has 6 heteroatoms. The van der Waals surface area contributed by atoms with E-state index in [0.29, 0.717) is 11.1 Å². The van der Waals surface area contributed by atoms with Gasteiger partial charge < -0.3 is 10.7 Å². The molecule has 0 bridgehead atoms. The summed E-state index contributed by atoms with van der Waals surface area (Å²) in [6, 6.07) is 1.86. The van der Waals surface area contributed by atoms with E-state index in [-0.39, 0.29) is 5.41 Å². The number of hydrogen-bond acceptors (Lipinski definition) is 6. The van der Waals surface area contributed by atoms with Gasteiger partial charge in [-0.3, -0.25) is 0 Å². The van der Waals surface area contributed by atoms with Gasteiger partial charge in [0, 0.05) is 23.3 Å². The van der Waals surface area contributed by atoms with E-state index in [1.54, 1.807) is 0 Å².